The van der Waals surface area contributed by atoms with Crippen molar-refractivity contribution in [2.75, 3.05) is 18.5 Å². The van der Waals surface area contributed by atoms with E-state index in [-0.39, 0.29) is 49.0 Å². The molecule has 0 aromatic heterocycles. The monoisotopic (exact) mass is 445 g/mol. The molecule has 3 amide bonds. The molecule has 2 N–H and O–H groups in total. The van der Waals surface area contributed by atoms with E-state index < -0.39 is 23.6 Å². The van der Waals surface area contributed by atoms with Gasteiger partial charge in [-0.05, 0) is 42.5 Å². The minimum atomic E-state index is -0.723. The van der Waals surface area contributed by atoms with Crippen molar-refractivity contribution < 1.29 is 23.9 Å². The minimum absolute atomic E-state index is 0.0133. The summed E-state index contributed by atoms with van der Waals surface area (Å²) in [5.41, 5.74) is 1.88. The largest absolute Gasteiger partial charge is 0.366 e. The molecule has 8 nitrogen and oxygen atoms in total. The first kappa shape index (κ1) is 20.5. The summed E-state index contributed by atoms with van der Waals surface area (Å²) in [6, 6.07) is 3.64. The van der Waals surface area contributed by atoms with Gasteiger partial charge in [-0.3, -0.25) is 19.2 Å². The van der Waals surface area contributed by atoms with Gasteiger partial charge in [-0.25, -0.2) is 0 Å². The molecule has 1 aliphatic carbocycles. The summed E-state index contributed by atoms with van der Waals surface area (Å²) >= 11 is 6.36. The van der Waals surface area contributed by atoms with Crippen LogP contribution in [0.25, 0.3) is 0 Å². The molecule has 164 valence electrons. The molecule has 2 saturated heterocycles. The minimum Gasteiger partial charge on any atom is -0.366 e. The highest BCUT2D eigenvalue weighted by molar-refractivity contribution is 6.22. The first-order valence-electron chi connectivity index (χ1n) is 10.7. The molecule has 0 bridgehead atoms. The zero-order valence-corrected chi connectivity index (χ0v) is 17.7. The normalized spacial score (nSPS) is 28.4. The number of rotatable bonds is 4. The average Bonchev–Trinajstić information content (AvgIpc) is 3.51. The third-order valence-electron chi connectivity index (χ3n) is 6.82. The van der Waals surface area contributed by atoms with E-state index in [4.69, 9.17) is 16.3 Å². The van der Waals surface area contributed by atoms with Gasteiger partial charge < -0.3 is 20.3 Å². The molecule has 9 heteroatoms. The Bertz CT molecular complexity index is 960. The van der Waals surface area contributed by atoms with Crippen LogP contribution in [-0.2, 0) is 25.5 Å². The van der Waals surface area contributed by atoms with Crippen LogP contribution >= 0.6 is 11.6 Å². The zero-order valence-electron chi connectivity index (χ0n) is 16.9. The third kappa shape index (κ3) is 3.61. The SMILES string of the molecule is O=C1Cc2cc(C(=O)N[C@H](C(=O)N3C[C@H](Cl)[C@H]4OCC(=O)[C@H]43)C3CCCC3)ccc2N1. The van der Waals surface area contributed by atoms with Crippen molar-refractivity contribution >= 4 is 40.8 Å². The third-order valence-corrected chi connectivity index (χ3v) is 7.21. The molecule has 3 heterocycles. The fraction of sp³-hybridized carbons (Fsp3) is 0.545. The van der Waals surface area contributed by atoms with Gasteiger partial charge in [0.25, 0.3) is 5.91 Å². The van der Waals surface area contributed by atoms with Crippen LogP contribution in [0.1, 0.15) is 41.6 Å². The van der Waals surface area contributed by atoms with Gasteiger partial charge in [0.05, 0.1) is 11.8 Å². The molecule has 4 aliphatic rings. The quantitative estimate of drug-likeness (QED) is 0.679. The van der Waals surface area contributed by atoms with E-state index >= 15 is 0 Å². The van der Waals surface area contributed by atoms with Gasteiger partial charge in [-0.1, -0.05) is 12.8 Å². The van der Waals surface area contributed by atoms with Gasteiger partial charge in [-0.2, -0.15) is 0 Å². The maximum atomic E-state index is 13.6. The lowest BCUT2D eigenvalue weighted by atomic mass is 9.95. The van der Waals surface area contributed by atoms with Crippen molar-refractivity contribution in [3.63, 3.8) is 0 Å². The number of fused-ring (bicyclic) bond motifs is 2. The van der Waals surface area contributed by atoms with Crippen LogP contribution < -0.4 is 10.6 Å². The van der Waals surface area contributed by atoms with Gasteiger partial charge >= 0.3 is 0 Å². The van der Waals surface area contributed by atoms with Crippen molar-refractivity contribution in [2.45, 2.75) is 55.7 Å². The molecule has 4 atom stereocenters. The van der Waals surface area contributed by atoms with Crippen LogP contribution in [0.5, 0.6) is 0 Å². The molecule has 3 aliphatic heterocycles. The van der Waals surface area contributed by atoms with Gasteiger partial charge in [-0.15, -0.1) is 11.6 Å². The summed E-state index contributed by atoms with van der Waals surface area (Å²) < 4.78 is 5.49. The van der Waals surface area contributed by atoms with Gasteiger partial charge in [0, 0.05) is 17.8 Å². The standard InChI is InChI=1S/C22H24ClN3O5/c23-14-9-26(19-16(27)10-31-20(14)19)22(30)18(11-3-1-2-4-11)25-21(29)12-5-6-15-13(7-12)8-17(28)24-15/h5-7,11,14,18-20H,1-4,8-10H2,(H,24,28)(H,25,29)/t14-,18-,19+,20+/m0/s1. The number of hydrogen-bond donors (Lipinski definition) is 2. The van der Waals surface area contributed by atoms with E-state index in [1.54, 1.807) is 18.2 Å². The average molecular weight is 446 g/mol. The van der Waals surface area contributed by atoms with E-state index in [2.05, 4.69) is 10.6 Å². The number of carbonyl (C=O) groups excluding carboxylic acids is 4. The van der Waals surface area contributed by atoms with Crippen LogP contribution in [0.15, 0.2) is 18.2 Å². The molecule has 5 rings (SSSR count). The number of benzene rings is 1. The number of ketones is 1. The second kappa shape index (κ2) is 7.91. The lowest BCUT2D eigenvalue weighted by Crippen LogP contribution is -2.54. The number of hydrogen-bond acceptors (Lipinski definition) is 5. The molecule has 3 fully saturated rings. The summed E-state index contributed by atoms with van der Waals surface area (Å²) in [5.74, 6) is -0.864. The Morgan fingerprint density at radius 2 is 2.00 bits per heavy atom. The van der Waals surface area contributed by atoms with E-state index in [0.717, 1.165) is 31.2 Å². The number of likely N-dealkylation sites (tertiary alicyclic amines) is 1. The lowest BCUT2D eigenvalue weighted by Gasteiger charge is -2.30. The van der Waals surface area contributed by atoms with Crippen LogP contribution in [-0.4, -0.2) is 65.1 Å². The maximum Gasteiger partial charge on any atom is 0.251 e. The molecule has 31 heavy (non-hydrogen) atoms. The van der Waals surface area contributed by atoms with Crippen molar-refractivity contribution in [1.82, 2.24) is 10.2 Å². The summed E-state index contributed by atoms with van der Waals surface area (Å²) in [6.45, 7) is 0.192. The molecule has 0 spiro atoms. The van der Waals surface area contributed by atoms with Crippen molar-refractivity contribution in [3.05, 3.63) is 29.3 Å². The second-order valence-corrected chi connectivity index (χ2v) is 9.35. The highest BCUT2D eigenvalue weighted by atomic mass is 35.5. The number of alkyl halides is 1. The van der Waals surface area contributed by atoms with E-state index in [1.165, 1.54) is 4.90 Å². The van der Waals surface area contributed by atoms with E-state index in [0.29, 0.717) is 11.3 Å². The molecule has 0 radical (unpaired) electrons. The van der Waals surface area contributed by atoms with E-state index in [9.17, 15) is 19.2 Å². The number of carbonyl (C=O) groups is 4. The second-order valence-electron chi connectivity index (χ2n) is 8.79. The van der Waals surface area contributed by atoms with Crippen LogP contribution in [0.2, 0.25) is 0 Å². The molecule has 1 aromatic carbocycles. The Balaban J connectivity index is 1.38. The van der Waals surface area contributed by atoms with Crippen LogP contribution in [0, 0.1) is 5.92 Å². The fourth-order valence-corrected chi connectivity index (χ4v) is 5.63. The fourth-order valence-electron chi connectivity index (χ4n) is 5.27. The van der Waals surface area contributed by atoms with Gasteiger partial charge in [0.15, 0.2) is 5.78 Å². The Kier molecular flexibility index (Phi) is 5.22. The Morgan fingerprint density at radius 1 is 1.23 bits per heavy atom. The molecular weight excluding hydrogens is 422 g/mol. The molecular formula is C22H24ClN3O5. The highest BCUT2D eigenvalue weighted by Gasteiger charge is 2.53. The predicted molar refractivity (Wildman–Crippen MR) is 112 cm³/mol. The number of Topliss-reactive ketones (excluding diaryl/α,β-unsaturated/α-hetero) is 1. The van der Waals surface area contributed by atoms with Crippen molar-refractivity contribution in [2.24, 2.45) is 5.92 Å². The molecule has 1 aromatic rings. The topological polar surface area (TPSA) is 105 Å². The lowest BCUT2D eigenvalue weighted by molar-refractivity contribution is -0.139. The van der Waals surface area contributed by atoms with E-state index in [1.807, 2.05) is 0 Å². The Hall–Kier alpha value is -2.45. The smallest absolute Gasteiger partial charge is 0.251 e. The van der Waals surface area contributed by atoms with Gasteiger partial charge in [0.1, 0.15) is 24.8 Å². The van der Waals surface area contributed by atoms with Crippen LogP contribution in [0.3, 0.4) is 0 Å². The molecule has 1 saturated carbocycles. The number of ether oxygens (including phenoxy) is 1. The number of nitrogens with one attached hydrogen (secondary N) is 2. The first-order valence-corrected chi connectivity index (χ1v) is 11.2. The summed E-state index contributed by atoms with van der Waals surface area (Å²) in [7, 11) is 0. The van der Waals surface area contributed by atoms with Crippen molar-refractivity contribution in [3.8, 4) is 0 Å². The van der Waals surface area contributed by atoms with Crippen molar-refractivity contribution in [1.29, 1.82) is 0 Å². The predicted octanol–water partition coefficient (Wildman–Crippen LogP) is 1.26. The van der Waals surface area contributed by atoms with Crippen LogP contribution in [0.4, 0.5) is 5.69 Å². The number of halogens is 1. The Labute approximate surface area is 184 Å². The highest BCUT2D eigenvalue weighted by Crippen LogP contribution is 2.34. The zero-order chi connectivity index (χ0) is 21.7. The van der Waals surface area contributed by atoms with Gasteiger partial charge in [0.2, 0.25) is 11.8 Å². The Morgan fingerprint density at radius 3 is 2.77 bits per heavy atom. The number of amides is 3. The maximum absolute atomic E-state index is 13.6. The number of nitrogens with zero attached hydrogens (tertiary/aromatic N) is 1. The number of anilines is 1. The summed E-state index contributed by atoms with van der Waals surface area (Å²) in [4.78, 5) is 52.1. The molecule has 0 unspecified atom stereocenters. The summed E-state index contributed by atoms with van der Waals surface area (Å²) in [5, 5.41) is 5.24. The first-order chi connectivity index (χ1) is 14.9. The summed E-state index contributed by atoms with van der Waals surface area (Å²) in [6.07, 6.45) is 3.44.